The van der Waals surface area contributed by atoms with Crippen molar-refractivity contribution in [3.05, 3.63) is 35.9 Å². The van der Waals surface area contributed by atoms with E-state index in [1.165, 1.54) is 0 Å². The first kappa shape index (κ1) is 15.1. The summed E-state index contributed by atoms with van der Waals surface area (Å²) in [4.78, 5) is 14.0. The molecule has 0 amide bonds. The van der Waals surface area contributed by atoms with Crippen molar-refractivity contribution in [3.63, 3.8) is 0 Å². The van der Waals surface area contributed by atoms with Crippen molar-refractivity contribution in [2.45, 2.75) is 27.7 Å². The average molecular weight is 198 g/mol. The lowest BCUT2D eigenvalue weighted by molar-refractivity contribution is -0.182. The fraction of sp³-hybridized carbons (Fsp3) is 0.364. The van der Waals surface area contributed by atoms with Crippen LogP contribution in [0.2, 0.25) is 0 Å². The van der Waals surface area contributed by atoms with Gasteiger partial charge in [-0.05, 0) is 12.1 Å². The average Bonchev–Trinajstić information content (AvgIpc) is 2.34. The van der Waals surface area contributed by atoms with Crippen LogP contribution < -0.4 is 0 Å². The summed E-state index contributed by atoms with van der Waals surface area (Å²) in [5.41, 5.74) is 0.338. The third-order valence-corrected chi connectivity index (χ3v) is 1.09. The van der Waals surface area contributed by atoms with Crippen molar-refractivity contribution in [1.82, 2.24) is 0 Å². The number of carbonyl (C=O) groups is 1. The Balaban J connectivity index is 0. The summed E-state index contributed by atoms with van der Waals surface area (Å²) in [6, 6.07) is 8.25. The van der Waals surface area contributed by atoms with E-state index in [-0.39, 0.29) is 0 Å². The molecule has 1 aromatic rings. The lowest BCUT2D eigenvalue weighted by atomic mass is 10.2. The second kappa shape index (κ2) is 11.6. The van der Waals surface area contributed by atoms with Gasteiger partial charge in [0.2, 0.25) is 0 Å². The lowest BCUT2D eigenvalue weighted by Crippen LogP contribution is -2.00. The topological polar surface area (TPSA) is 46.5 Å². The maximum Gasteiger partial charge on any atom is 0.372 e. The van der Waals surface area contributed by atoms with Crippen molar-refractivity contribution in [2.24, 2.45) is 0 Å². The van der Waals surface area contributed by atoms with E-state index in [4.69, 9.17) is 5.26 Å². The van der Waals surface area contributed by atoms with Gasteiger partial charge in [0, 0.05) is 0 Å². The largest absolute Gasteiger partial charge is 0.372 e. The molecule has 14 heavy (non-hydrogen) atoms. The summed E-state index contributed by atoms with van der Waals surface area (Å²) in [7, 11) is 0. The van der Waals surface area contributed by atoms with E-state index in [1.54, 1.807) is 30.3 Å². The summed E-state index contributed by atoms with van der Waals surface area (Å²) in [6.07, 6.45) is 0. The molecular formula is C11H18O3. The quantitative estimate of drug-likeness (QED) is 0.556. The van der Waals surface area contributed by atoms with Gasteiger partial charge in [-0.3, -0.25) is 4.89 Å². The van der Waals surface area contributed by atoms with Crippen LogP contribution in [-0.4, -0.2) is 11.2 Å². The Morgan fingerprint density at radius 2 is 1.50 bits per heavy atom. The normalized spacial score (nSPS) is 7.21. The summed E-state index contributed by atoms with van der Waals surface area (Å²) < 4.78 is 0. The van der Waals surface area contributed by atoms with Crippen LogP contribution in [0.15, 0.2) is 30.3 Å². The smallest absolute Gasteiger partial charge is 0.296 e. The van der Waals surface area contributed by atoms with Gasteiger partial charge in [-0.2, -0.15) is 5.26 Å². The highest BCUT2D eigenvalue weighted by molar-refractivity contribution is 5.88. The second-order valence-electron chi connectivity index (χ2n) is 1.74. The Morgan fingerprint density at radius 1 is 1.07 bits per heavy atom. The molecule has 0 atom stereocenters. The molecule has 0 bridgehead atoms. The van der Waals surface area contributed by atoms with E-state index >= 15 is 0 Å². The van der Waals surface area contributed by atoms with Crippen molar-refractivity contribution in [1.29, 1.82) is 0 Å². The summed E-state index contributed by atoms with van der Waals surface area (Å²) in [5.74, 6) is -0.736. The molecule has 3 nitrogen and oxygen atoms in total. The molecule has 0 saturated carbocycles. The molecule has 0 aliphatic heterocycles. The van der Waals surface area contributed by atoms with E-state index in [9.17, 15) is 4.79 Å². The van der Waals surface area contributed by atoms with Gasteiger partial charge in [-0.1, -0.05) is 45.9 Å². The Kier molecular flexibility index (Phi) is 12.6. The van der Waals surface area contributed by atoms with E-state index in [2.05, 4.69) is 4.89 Å². The van der Waals surface area contributed by atoms with Gasteiger partial charge in [-0.25, -0.2) is 4.79 Å². The molecule has 80 valence electrons. The van der Waals surface area contributed by atoms with Crippen LogP contribution in [0.1, 0.15) is 38.1 Å². The van der Waals surface area contributed by atoms with E-state index in [0.29, 0.717) is 5.56 Å². The predicted octanol–water partition coefficient (Wildman–Crippen LogP) is 3.37. The third kappa shape index (κ3) is 6.20. The van der Waals surface area contributed by atoms with Crippen LogP contribution in [0.5, 0.6) is 0 Å². The van der Waals surface area contributed by atoms with Gasteiger partial charge >= 0.3 is 5.97 Å². The number of hydrogen-bond acceptors (Lipinski definition) is 3. The van der Waals surface area contributed by atoms with Gasteiger partial charge in [-0.15, -0.1) is 0 Å². The predicted molar refractivity (Wildman–Crippen MR) is 57.2 cm³/mol. The van der Waals surface area contributed by atoms with E-state index in [0.717, 1.165) is 0 Å². The molecular weight excluding hydrogens is 180 g/mol. The highest BCUT2D eigenvalue weighted by atomic mass is 17.1. The first-order valence-corrected chi connectivity index (χ1v) is 4.75. The minimum Gasteiger partial charge on any atom is -0.296 e. The van der Waals surface area contributed by atoms with Gasteiger partial charge in [0.1, 0.15) is 0 Å². The molecule has 0 saturated heterocycles. The second-order valence-corrected chi connectivity index (χ2v) is 1.74. The van der Waals surface area contributed by atoms with Gasteiger partial charge < -0.3 is 0 Å². The van der Waals surface area contributed by atoms with Crippen molar-refractivity contribution < 1.29 is 14.9 Å². The standard InChI is InChI=1S/C7H6O3.2C2H6/c8-7(10-9)6-4-2-1-3-5-6;2*1-2/h1-5,9H;2*1-2H3. The molecule has 1 aromatic carbocycles. The fourth-order valence-electron chi connectivity index (χ4n) is 0.627. The number of carbonyl (C=O) groups excluding carboxylic acids is 1. The molecule has 1 rings (SSSR count). The first-order chi connectivity index (χ1) is 6.84. The molecule has 0 fully saturated rings. The zero-order valence-electron chi connectivity index (χ0n) is 9.15. The fourth-order valence-corrected chi connectivity index (χ4v) is 0.627. The Morgan fingerprint density at radius 3 is 1.86 bits per heavy atom. The molecule has 3 heteroatoms. The van der Waals surface area contributed by atoms with Crippen LogP contribution in [0.4, 0.5) is 0 Å². The number of hydrogen-bond donors (Lipinski definition) is 1. The molecule has 0 aliphatic rings. The maximum atomic E-state index is 10.5. The summed E-state index contributed by atoms with van der Waals surface area (Å²) >= 11 is 0. The van der Waals surface area contributed by atoms with Crippen LogP contribution in [0.3, 0.4) is 0 Å². The first-order valence-electron chi connectivity index (χ1n) is 4.75. The van der Waals surface area contributed by atoms with Crippen molar-refractivity contribution in [3.8, 4) is 0 Å². The van der Waals surface area contributed by atoms with Gasteiger partial charge in [0.15, 0.2) is 0 Å². The summed E-state index contributed by atoms with van der Waals surface area (Å²) in [5, 5.41) is 7.94. The van der Waals surface area contributed by atoms with Gasteiger partial charge in [0.25, 0.3) is 0 Å². The number of rotatable bonds is 1. The molecule has 0 unspecified atom stereocenters. The molecule has 0 radical (unpaired) electrons. The lowest BCUT2D eigenvalue weighted by Gasteiger charge is -1.92. The van der Waals surface area contributed by atoms with Crippen LogP contribution in [0.25, 0.3) is 0 Å². The highest BCUT2D eigenvalue weighted by Gasteiger charge is 2.02. The Labute approximate surface area is 85.3 Å². The molecule has 0 heterocycles. The minimum absolute atomic E-state index is 0.338. The Hall–Kier alpha value is -1.35. The third-order valence-electron chi connectivity index (χ3n) is 1.09. The molecule has 0 aliphatic carbocycles. The monoisotopic (exact) mass is 198 g/mol. The molecule has 1 N–H and O–H groups in total. The van der Waals surface area contributed by atoms with Crippen LogP contribution in [0, 0.1) is 0 Å². The van der Waals surface area contributed by atoms with E-state index in [1.807, 2.05) is 27.7 Å². The maximum absolute atomic E-state index is 10.5. The van der Waals surface area contributed by atoms with Crippen molar-refractivity contribution >= 4 is 5.97 Å². The number of benzene rings is 1. The van der Waals surface area contributed by atoms with Crippen LogP contribution >= 0.6 is 0 Å². The summed E-state index contributed by atoms with van der Waals surface area (Å²) in [6.45, 7) is 8.00. The Bertz CT molecular complexity index is 219. The van der Waals surface area contributed by atoms with Crippen LogP contribution in [-0.2, 0) is 4.89 Å². The molecule has 0 aromatic heterocycles. The highest BCUT2D eigenvalue weighted by Crippen LogP contribution is 1.98. The van der Waals surface area contributed by atoms with E-state index < -0.39 is 5.97 Å². The van der Waals surface area contributed by atoms with Crippen molar-refractivity contribution in [2.75, 3.05) is 0 Å². The zero-order chi connectivity index (χ0) is 11.4. The molecule has 0 spiro atoms. The van der Waals surface area contributed by atoms with Gasteiger partial charge in [0.05, 0.1) is 5.56 Å². The zero-order valence-corrected chi connectivity index (χ0v) is 9.15. The SMILES string of the molecule is CC.CC.O=C(OO)c1ccccc1. The minimum atomic E-state index is -0.736.